The van der Waals surface area contributed by atoms with Gasteiger partial charge in [-0.3, -0.25) is 4.90 Å². The van der Waals surface area contributed by atoms with Crippen molar-refractivity contribution in [1.82, 2.24) is 10.2 Å². The van der Waals surface area contributed by atoms with Crippen molar-refractivity contribution >= 4 is 0 Å². The van der Waals surface area contributed by atoms with Crippen molar-refractivity contribution < 1.29 is 0 Å². The highest BCUT2D eigenvalue weighted by Gasteiger charge is 2.27. The molecule has 1 N–H and O–H groups in total. The van der Waals surface area contributed by atoms with Crippen molar-refractivity contribution in [3.05, 3.63) is 35.4 Å². The molecule has 1 aliphatic heterocycles. The van der Waals surface area contributed by atoms with E-state index in [4.69, 9.17) is 0 Å². The van der Waals surface area contributed by atoms with E-state index in [1.54, 1.807) is 0 Å². The van der Waals surface area contributed by atoms with Crippen LogP contribution in [0.2, 0.25) is 0 Å². The predicted octanol–water partition coefficient (Wildman–Crippen LogP) is 3.53. The molecule has 1 aromatic carbocycles. The normalized spacial score (nSPS) is 24.2. The van der Waals surface area contributed by atoms with Gasteiger partial charge in [0.05, 0.1) is 0 Å². The number of benzene rings is 1. The predicted molar refractivity (Wildman–Crippen MR) is 85.0 cm³/mol. The molecule has 1 saturated heterocycles. The average molecular weight is 272 g/mol. The average Bonchev–Trinajstić information content (AvgIpc) is 3.24. The third-order valence-electron chi connectivity index (χ3n) is 4.61. The lowest BCUT2D eigenvalue weighted by Gasteiger charge is -2.33. The van der Waals surface area contributed by atoms with Crippen LogP contribution in [-0.4, -0.2) is 30.1 Å². The molecule has 0 bridgehead atoms. The summed E-state index contributed by atoms with van der Waals surface area (Å²) in [6, 6.07) is 10.8. The van der Waals surface area contributed by atoms with Gasteiger partial charge in [0.2, 0.25) is 0 Å². The maximum atomic E-state index is 3.79. The largest absolute Gasteiger partial charge is 0.310 e. The molecule has 0 aromatic heterocycles. The molecule has 20 heavy (non-hydrogen) atoms. The summed E-state index contributed by atoms with van der Waals surface area (Å²) >= 11 is 0. The van der Waals surface area contributed by atoms with Gasteiger partial charge in [-0.05, 0) is 49.3 Å². The van der Waals surface area contributed by atoms with Gasteiger partial charge in [0.15, 0.2) is 0 Å². The van der Waals surface area contributed by atoms with Crippen molar-refractivity contribution in [3.63, 3.8) is 0 Å². The third-order valence-corrected chi connectivity index (χ3v) is 4.61. The summed E-state index contributed by atoms with van der Waals surface area (Å²) in [6.07, 6.45) is 5.49. The fourth-order valence-corrected chi connectivity index (χ4v) is 3.18. The molecule has 1 aromatic rings. The summed E-state index contributed by atoms with van der Waals surface area (Å²) in [5, 5.41) is 3.79. The molecule has 1 atom stereocenters. The maximum Gasteiger partial charge on any atom is 0.0234 e. The van der Waals surface area contributed by atoms with Crippen LogP contribution >= 0.6 is 0 Å². The Morgan fingerprint density at radius 1 is 1.10 bits per heavy atom. The van der Waals surface area contributed by atoms with Crippen LogP contribution < -0.4 is 5.32 Å². The number of hydrogen-bond acceptors (Lipinski definition) is 2. The van der Waals surface area contributed by atoms with Gasteiger partial charge in [0, 0.05) is 25.2 Å². The quantitative estimate of drug-likeness (QED) is 0.882. The highest BCUT2D eigenvalue weighted by atomic mass is 15.2. The van der Waals surface area contributed by atoms with Crippen LogP contribution in [0.5, 0.6) is 0 Å². The monoisotopic (exact) mass is 272 g/mol. The molecule has 0 radical (unpaired) electrons. The smallest absolute Gasteiger partial charge is 0.0234 e. The summed E-state index contributed by atoms with van der Waals surface area (Å²) in [5.41, 5.74) is 2.90. The third kappa shape index (κ3) is 3.83. The summed E-state index contributed by atoms with van der Waals surface area (Å²) in [7, 11) is 0. The molecule has 3 rings (SSSR count). The first kappa shape index (κ1) is 14.1. The molecule has 0 spiro atoms. The molecular formula is C18H28N2. The zero-order chi connectivity index (χ0) is 13.9. The van der Waals surface area contributed by atoms with E-state index < -0.39 is 0 Å². The molecule has 1 saturated carbocycles. The van der Waals surface area contributed by atoms with Gasteiger partial charge < -0.3 is 5.32 Å². The van der Waals surface area contributed by atoms with Gasteiger partial charge in [-0.1, -0.05) is 38.1 Å². The minimum absolute atomic E-state index is 0.631. The second-order valence-corrected chi connectivity index (χ2v) is 6.91. The molecule has 2 nitrogen and oxygen atoms in total. The standard InChI is InChI=1S/C18H28N2/c1-14(2)16-7-5-15(6-8-16)12-20-11-3-4-18(13-20)19-17-9-10-17/h5-8,14,17-19H,3-4,9-13H2,1-2H3. The Morgan fingerprint density at radius 3 is 2.50 bits per heavy atom. The van der Waals surface area contributed by atoms with Crippen LogP contribution in [0.3, 0.4) is 0 Å². The molecule has 2 heteroatoms. The Balaban J connectivity index is 1.53. The first-order chi connectivity index (χ1) is 9.70. The first-order valence-corrected chi connectivity index (χ1v) is 8.28. The van der Waals surface area contributed by atoms with Gasteiger partial charge in [0.1, 0.15) is 0 Å². The van der Waals surface area contributed by atoms with Crippen molar-refractivity contribution in [1.29, 1.82) is 0 Å². The second-order valence-electron chi connectivity index (χ2n) is 6.91. The Labute approximate surface area is 123 Å². The van der Waals surface area contributed by atoms with Crippen molar-refractivity contribution in [2.75, 3.05) is 13.1 Å². The van der Waals surface area contributed by atoms with E-state index in [1.165, 1.54) is 49.9 Å². The molecule has 0 amide bonds. The lowest BCUT2D eigenvalue weighted by atomic mass is 10.0. The van der Waals surface area contributed by atoms with Crippen LogP contribution in [0.4, 0.5) is 0 Å². The molecular weight excluding hydrogens is 244 g/mol. The van der Waals surface area contributed by atoms with Crippen LogP contribution in [-0.2, 0) is 6.54 Å². The van der Waals surface area contributed by atoms with E-state index >= 15 is 0 Å². The minimum Gasteiger partial charge on any atom is -0.310 e. The first-order valence-electron chi connectivity index (χ1n) is 8.28. The number of piperidine rings is 1. The van der Waals surface area contributed by atoms with E-state index in [0.29, 0.717) is 5.92 Å². The second kappa shape index (κ2) is 6.28. The van der Waals surface area contributed by atoms with Gasteiger partial charge in [-0.25, -0.2) is 0 Å². The van der Waals surface area contributed by atoms with E-state index in [2.05, 4.69) is 48.3 Å². The van der Waals surface area contributed by atoms with Crippen LogP contribution in [0.25, 0.3) is 0 Å². The van der Waals surface area contributed by atoms with Crippen molar-refractivity contribution in [3.8, 4) is 0 Å². The number of likely N-dealkylation sites (tertiary alicyclic amines) is 1. The Kier molecular flexibility index (Phi) is 4.42. The Bertz CT molecular complexity index is 420. The highest BCUT2D eigenvalue weighted by molar-refractivity contribution is 5.24. The number of nitrogens with zero attached hydrogens (tertiary/aromatic N) is 1. The summed E-state index contributed by atoms with van der Waals surface area (Å²) < 4.78 is 0. The molecule has 1 aliphatic carbocycles. The molecule has 1 unspecified atom stereocenters. The summed E-state index contributed by atoms with van der Waals surface area (Å²) in [4.78, 5) is 2.62. The molecule has 2 aliphatic rings. The topological polar surface area (TPSA) is 15.3 Å². The lowest BCUT2D eigenvalue weighted by Crippen LogP contribution is -2.46. The number of rotatable bonds is 5. The van der Waals surface area contributed by atoms with E-state index in [-0.39, 0.29) is 0 Å². The zero-order valence-electron chi connectivity index (χ0n) is 12.9. The molecule has 2 fully saturated rings. The van der Waals surface area contributed by atoms with Gasteiger partial charge in [-0.15, -0.1) is 0 Å². The van der Waals surface area contributed by atoms with Crippen molar-refractivity contribution in [2.45, 2.75) is 64.1 Å². The van der Waals surface area contributed by atoms with E-state index in [1.807, 2.05) is 0 Å². The number of hydrogen-bond donors (Lipinski definition) is 1. The molecule has 110 valence electrons. The zero-order valence-corrected chi connectivity index (χ0v) is 12.9. The SMILES string of the molecule is CC(C)c1ccc(CN2CCCC(NC3CC3)C2)cc1. The fraction of sp³-hybridized carbons (Fsp3) is 0.667. The lowest BCUT2D eigenvalue weighted by molar-refractivity contribution is 0.182. The van der Waals surface area contributed by atoms with Gasteiger partial charge in [0.25, 0.3) is 0 Å². The molecule has 1 heterocycles. The maximum absolute atomic E-state index is 3.79. The Hall–Kier alpha value is -0.860. The number of nitrogens with one attached hydrogen (secondary N) is 1. The van der Waals surface area contributed by atoms with Crippen LogP contribution in [0.1, 0.15) is 56.6 Å². The summed E-state index contributed by atoms with van der Waals surface area (Å²) in [6.45, 7) is 8.11. The fourth-order valence-electron chi connectivity index (χ4n) is 3.18. The summed E-state index contributed by atoms with van der Waals surface area (Å²) in [5.74, 6) is 0.631. The van der Waals surface area contributed by atoms with E-state index in [9.17, 15) is 0 Å². The van der Waals surface area contributed by atoms with E-state index in [0.717, 1.165) is 18.6 Å². The van der Waals surface area contributed by atoms with Gasteiger partial charge >= 0.3 is 0 Å². The van der Waals surface area contributed by atoms with Crippen LogP contribution in [0.15, 0.2) is 24.3 Å². The minimum atomic E-state index is 0.631. The Morgan fingerprint density at radius 2 is 1.85 bits per heavy atom. The van der Waals surface area contributed by atoms with Crippen molar-refractivity contribution in [2.24, 2.45) is 0 Å². The highest BCUT2D eigenvalue weighted by Crippen LogP contribution is 2.23. The van der Waals surface area contributed by atoms with Gasteiger partial charge in [-0.2, -0.15) is 0 Å². The van der Waals surface area contributed by atoms with Crippen LogP contribution in [0, 0.1) is 0 Å².